The molecular formula is C50H72O18. The molecule has 68 heavy (non-hydrogen) atoms. The molecule has 18 heteroatoms. The summed E-state index contributed by atoms with van der Waals surface area (Å²) in [5, 5.41) is 53.5. The molecular weight excluding hydrogens is 889 g/mol. The third-order valence-electron chi connectivity index (χ3n) is 11.7. The molecule has 0 aromatic heterocycles. The first-order valence-electron chi connectivity index (χ1n) is 24.1. The first-order chi connectivity index (χ1) is 32.9. The topological polar surface area (TPSA) is 260 Å². The number of unbranched alkanes of at least 4 members (excludes halogenated alkanes) is 12. The molecule has 18 nitrogen and oxygen atoms in total. The number of carbonyl (C=O) groups is 5. The molecule has 0 radical (unpaired) electrons. The normalized spacial score (nSPS) is 24.7. The van der Waals surface area contributed by atoms with Gasteiger partial charge in [0.05, 0.1) is 38.9 Å². The SMILES string of the molecule is CCCCCCCCCCCCCCCC(=O)O[C@H]1[C@H](O)[C@@H](CO)O[C@H](O[C@H]2O[C@H](CO)[C@@H](O)[C@H](O)[C@H]2OC(=O)CCC(=O)OCc2ccccc2)[C@@H]1OC(=O)CCC(=O)OCc1ccccc1. The highest BCUT2D eigenvalue weighted by molar-refractivity contribution is 5.78. The van der Waals surface area contributed by atoms with E-state index in [1.807, 2.05) is 0 Å². The van der Waals surface area contributed by atoms with Gasteiger partial charge in [0.2, 0.25) is 12.6 Å². The van der Waals surface area contributed by atoms with Crippen molar-refractivity contribution in [3.8, 4) is 0 Å². The maximum atomic E-state index is 13.4. The second-order valence-electron chi connectivity index (χ2n) is 17.2. The smallest absolute Gasteiger partial charge is 0.306 e. The maximum absolute atomic E-state index is 13.4. The fraction of sp³-hybridized carbons (Fsp3) is 0.660. The molecule has 0 spiro atoms. The molecule has 10 atom stereocenters. The Morgan fingerprint density at radius 3 is 1.31 bits per heavy atom. The van der Waals surface area contributed by atoms with Crippen molar-refractivity contribution in [2.75, 3.05) is 13.2 Å². The average molecular weight is 961 g/mol. The van der Waals surface area contributed by atoms with Crippen molar-refractivity contribution in [3.05, 3.63) is 71.8 Å². The van der Waals surface area contributed by atoms with Crippen LogP contribution >= 0.6 is 0 Å². The van der Waals surface area contributed by atoms with E-state index in [0.29, 0.717) is 6.42 Å². The van der Waals surface area contributed by atoms with Crippen molar-refractivity contribution in [1.82, 2.24) is 0 Å². The van der Waals surface area contributed by atoms with Crippen molar-refractivity contribution < 1.29 is 87.4 Å². The zero-order valence-electron chi connectivity index (χ0n) is 39.1. The molecule has 2 aromatic rings. The van der Waals surface area contributed by atoms with Crippen molar-refractivity contribution >= 4 is 29.8 Å². The first-order valence-corrected chi connectivity index (χ1v) is 24.1. The van der Waals surface area contributed by atoms with E-state index < -0.39 is 130 Å². The number of carbonyl (C=O) groups excluding carboxylic acids is 5. The average Bonchev–Trinajstić information content (AvgIpc) is 3.34. The molecule has 2 aliphatic rings. The van der Waals surface area contributed by atoms with Gasteiger partial charge in [-0.05, 0) is 17.5 Å². The van der Waals surface area contributed by atoms with Crippen LogP contribution in [0.2, 0.25) is 0 Å². The summed E-state index contributed by atoms with van der Waals surface area (Å²) in [6.07, 6.45) is -5.66. The van der Waals surface area contributed by atoms with Crippen LogP contribution in [0.15, 0.2) is 60.7 Å². The molecule has 0 unspecified atom stereocenters. The summed E-state index contributed by atoms with van der Waals surface area (Å²) in [5.74, 6) is -4.30. The van der Waals surface area contributed by atoms with Gasteiger partial charge in [-0.2, -0.15) is 0 Å². The molecule has 2 saturated heterocycles. The van der Waals surface area contributed by atoms with Gasteiger partial charge in [-0.3, -0.25) is 24.0 Å². The third kappa shape index (κ3) is 19.8. The van der Waals surface area contributed by atoms with Crippen LogP contribution in [-0.2, 0) is 75.1 Å². The number of esters is 5. The van der Waals surface area contributed by atoms with E-state index in [9.17, 15) is 49.5 Å². The molecule has 0 aliphatic carbocycles. The van der Waals surface area contributed by atoms with Crippen LogP contribution in [0.5, 0.6) is 0 Å². The fourth-order valence-electron chi connectivity index (χ4n) is 7.78. The third-order valence-corrected chi connectivity index (χ3v) is 11.7. The Hall–Kier alpha value is -4.53. The van der Waals surface area contributed by atoms with Gasteiger partial charge in [0.25, 0.3) is 0 Å². The number of aliphatic hydroxyl groups is 5. The molecule has 2 heterocycles. The zero-order valence-corrected chi connectivity index (χ0v) is 39.1. The number of hydrogen-bond acceptors (Lipinski definition) is 18. The minimum atomic E-state index is -1.96. The van der Waals surface area contributed by atoms with Crippen molar-refractivity contribution in [2.24, 2.45) is 0 Å². The lowest BCUT2D eigenvalue weighted by atomic mass is 9.97. The van der Waals surface area contributed by atoms with Crippen molar-refractivity contribution in [3.63, 3.8) is 0 Å². The molecule has 0 bridgehead atoms. The number of benzene rings is 2. The predicted molar refractivity (Wildman–Crippen MR) is 241 cm³/mol. The second kappa shape index (κ2) is 31.6. The van der Waals surface area contributed by atoms with E-state index in [1.165, 1.54) is 44.9 Å². The lowest BCUT2D eigenvalue weighted by Crippen LogP contribution is -2.65. The number of ether oxygens (including phenoxy) is 8. The first kappa shape index (κ1) is 56.1. The van der Waals surface area contributed by atoms with Crippen molar-refractivity contribution in [1.29, 1.82) is 0 Å². The summed E-state index contributed by atoms with van der Waals surface area (Å²) in [7, 11) is 0. The predicted octanol–water partition coefficient (Wildman–Crippen LogP) is 4.78. The van der Waals surface area contributed by atoms with Gasteiger partial charge in [-0.25, -0.2) is 0 Å². The fourth-order valence-corrected chi connectivity index (χ4v) is 7.78. The van der Waals surface area contributed by atoms with Crippen molar-refractivity contribution in [2.45, 2.75) is 197 Å². The summed E-state index contributed by atoms with van der Waals surface area (Å²) in [6.45, 7) is 0.408. The summed E-state index contributed by atoms with van der Waals surface area (Å²) >= 11 is 0. The standard InChI is InChI=1S/C50H72O18/c1-2-3-4-5-6-7-8-9-10-11-12-13-20-25-40(55)65-46-44(59)37(31-52)64-50(48(46)67-42(57)29-27-39(54)62-33-35-23-18-15-19-24-35)68-49-47(45(60)43(58)36(30-51)63-49)66-41(56)28-26-38(53)61-32-34-21-16-14-17-22-34/h14-19,21-24,36-37,43-52,58-60H,2-13,20,25-33H2,1H3/t36-,37-,43-,44-,45+,46+,47-,48-,49-,50-/m1/s1. The molecule has 2 aliphatic heterocycles. The van der Waals surface area contributed by atoms with Gasteiger partial charge in [0.1, 0.15) is 43.7 Å². The van der Waals surface area contributed by atoms with Crippen LogP contribution < -0.4 is 0 Å². The Morgan fingerprint density at radius 2 is 0.838 bits per heavy atom. The monoisotopic (exact) mass is 960 g/mol. The molecule has 5 N–H and O–H groups in total. The van der Waals surface area contributed by atoms with Crippen LogP contribution in [-0.4, -0.2) is 130 Å². The van der Waals surface area contributed by atoms with Crippen LogP contribution in [0.4, 0.5) is 0 Å². The minimum Gasteiger partial charge on any atom is -0.461 e. The highest BCUT2D eigenvalue weighted by Crippen LogP contribution is 2.33. The van der Waals surface area contributed by atoms with E-state index in [0.717, 1.165) is 43.2 Å². The zero-order chi connectivity index (χ0) is 49.1. The Kier molecular flexibility index (Phi) is 26.0. The number of aliphatic hydroxyl groups excluding tert-OH is 5. The van der Waals surface area contributed by atoms with Gasteiger partial charge in [0.15, 0.2) is 18.3 Å². The van der Waals surface area contributed by atoms with Gasteiger partial charge < -0.3 is 63.4 Å². The second-order valence-corrected chi connectivity index (χ2v) is 17.2. The Morgan fingerprint density at radius 1 is 0.456 bits per heavy atom. The van der Waals surface area contributed by atoms with Gasteiger partial charge in [0, 0.05) is 6.42 Å². The summed E-state index contributed by atoms with van der Waals surface area (Å²) in [5.41, 5.74) is 1.44. The molecule has 4 rings (SSSR count). The van der Waals surface area contributed by atoms with Crippen LogP contribution in [0, 0.1) is 0 Å². The van der Waals surface area contributed by atoms with E-state index in [4.69, 9.17) is 37.9 Å². The number of hydrogen-bond donors (Lipinski definition) is 5. The quantitative estimate of drug-likeness (QED) is 0.0387. The summed E-state index contributed by atoms with van der Waals surface area (Å²) in [6, 6.07) is 17.7. The summed E-state index contributed by atoms with van der Waals surface area (Å²) < 4.78 is 45.0. The maximum Gasteiger partial charge on any atom is 0.306 e. The lowest BCUT2D eigenvalue weighted by molar-refractivity contribution is -0.377. The molecule has 0 amide bonds. The number of rotatable bonds is 31. The highest BCUT2D eigenvalue weighted by atomic mass is 16.8. The Bertz CT molecular complexity index is 1760. The highest BCUT2D eigenvalue weighted by Gasteiger charge is 2.54. The molecule has 2 aromatic carbocycles. The largest absolute Gasteiger partial charge is 0.461 e. The van der Waals surface area contributed by atoms with Gasteiger partial charge >= 0.3 is 29.8 Å². The van der Waals surface area contributed by atoms with E-state index in [-0.39, 0.29) is 19.6 Å². The lowest BCUT2D eigenvalue weighted by Gasteiger charge is -2.46. The van der Waals surface area contributed by atoms with Crippen LogP contribution in [0.3, 0.4) is 0 Å². The van der Waals surface area contributed by atoms with E-state index in [2.05, 4.69) is 6.92 Å². The van der Waals surface area contributed by atoms with E-state index >= 15 is 0 Å². The van der Waals surface area contributed by atoms with Crippen LogP contribution in [0.1, 0.15) is 134 Å². The van der Waals surface area contributed by atoms with Gasteiger partial charge in [-0.15, -0.1) is 0 Å². The van der Waals surface area contributed by atoms with E-state index in [1.54, 1.807) is 60.7 Å². The molecule has 380 valence electrons. The Balaban J connectivity index is 1.43. The van der Waals surface area contributed by atoms with Crippen LogP contribution in [0.25, 0.3) is 0 Å². The summed E-state index contributed by atoms with van der Waals surface area (Å²) in [4.78, 5) is 64.9. The van der Waals surface area contributed by atoms with Gasteiger partial charge in [-0.1, -0.05) is 145 Å². The molecule has 0 saturated carbocycles. The molecule has 2 fully saturated rings. The minimum absolute atomic E-state index is 0.0424. The Labute approximate surface area is 398 Å².